The SMILES string of the molecule is CC/C(=N\Nc1cc(Cl)cc(Cl)c1)c1cc(Cl)ccc1NS(=O)(=O)C(F)(F)F. The normalized spacial score (nSPS) is 12.8. The number of rotatable bonds is 6. The van der Waals surface area contributed by atoms with Crippen molar-refractivity contribution in [2.24, 2.45) is 5.10 Å². The molecule has 152 valence electrons. The summed E-state index contributed by atoms with van der Waals surface area (Å²) in [6.45, 7) is 1.69. The zero-order chi connectivity index (χ0) is 21.1. The molecule has 0 aliphatic heterocycles. The Labute approximate surface area is 174 Å². The Morgan fingerprint density at radius 3 is 2.18 bits per heavy atom. The van der Waals surface area contributed by atoms with Gasteiger partial charge >= 0.3 is 15.5 Å². The minimum absolute atomic E-state index is 0.0865. The van der Waals surface area contributed by atoms with Gasteiger partial charge in [-0.05, 0) is 42.8 Å². The first-order valence-electron chi connectivity index (χ1n) is 7.60. The molecule has 0 fully saturated rings. The lowest BCUT2D eigenvalue weighted by molar-refractivity contribution is -0.0429. The molecule has 0 unspecified atom stereocenters. The summed E-state index contributed by atoms with van der Waals surface area (Å²) in [4.78, 5) is 0. The van der Waals surface area contributed by atoms with Crippen LogP contribution in [0.2, 0.25) is 15.1 Å². The minimum Gasteiger partial charge on any atom is -0.278 e. The molecule has 0 saturated carbocycles. The monoisotopic (exact) mass is 473 g/mol. The van der Waals surface area contributed by atoms with E-state index in [0.29, 0.717) is 15.7 Å². The molecule has 5 nitrogen and oxygen atoms in total. The fraction of sp³-hybridized carbons (Fsp3) is 0.188. The maximum atomic E-state index is 12.7. The van der Waals surface area contributed by atoms with Crippen LogP contribution in [0.15, 0.2) is 41.5 Å². The molecule has 2 aromatic rings. The van der Waals surface area contributed by atoms with Gasteiger partial charge in [-0.25, -0.2) is 0 Å². The van der Waals surface area contributed by atoms with E-state index in [1.807, 2.05) is 0 Å². The fourth-order valence-electron chi connectivity index (χ4n) is 2.13. The summed E-state index contributed by atoms with van der Waals surface area (Å²) >= 11 is 17.7. The van der Waals surface area contributed by atoms with Gasteiger partial charge in [-0.15, -0.1) is 0 Å². The average molecular weight is 475 g/mol. The molecular weight excluding hydrogens is 462 g/mol. The van der Waals surface area contributed by atoms with E-state index in [1.165, 1.54) is 35.1 Å². The van der Waals surface area contributed by atoms with Gasteiger partial charge in [-0.3, -0.25) is 10.1 Å². The van der Waals surface area contributed by atoms with Crippen molar-refractivity contribution in [1.29, 1.82) is 0 Å². The number of benzene rings is 2. The zero-order valence-corrected chi connectivity index (χ0v) is 17.2. The third-order valence-electron chi connectivity index (χ3n) is 3.36. The maximum Gasteiger partial charge on any atom is 0.516 e. The lowest BCUT2D eigenvalue weighted by Crippen LogP contribution is -2.30. The third kappa shape index (κ3) is 5.66. The number of hydrogen-bond acceptors (Lipinski definition) is 4. The van der Waals surface area contributed by atoms with E-state index in [-0.39, 0.29) is 28.4 Å². The van der Waals surface area contributed by atoms with E-state index in [1.54, 1.807) is 6.92 Å². The highest BCUT2D eigenvalue weighted by Gasteiger charge is 2.46. The Bertz CT molecular complexity index is 992. The van der Waals surface area contributed by atoms with E-state index in [4.69, 9.17) is 34.8 Å². The third-order valence-corrected chi connectivity index (χ3v) is 5.13. The molecule has 28 heavy (non-hydrogen) atoms. The summed E-state index contributed by atoms with van der Waals surface area (Å²) in [7, 11) is -5.61. The van der Waals surface area contributed by atoms with Gasteiger partial charge in [0.2, 0.25) is 0 Å². The molecule has 0 atom stereocenters. The molecule has 0 aliphatic rings. The van der Waals surface area contributed by atoms with Crippen LogP contribution >= 0.6 is 34.8 Å². The number of alkyl halides is 3. The van der Waals surface area contributed by atoms with Gasteiger partial charge in [-0.2, -0.15) is 26.7 Å². The van der Waals surface area contributed by atoms with E-state index in [0.717, 1.165) is 6.07 Å². The predicted molar refractivity (Wildman–Crippen MR) is 107 cm³/mol. The zero-order valence-electron chi connectivity index (χ0n) is 14.1. The molecule has 2 aromatic carbocycles. The molecule has 0 radical (unpaired) electrons. The van der Waals surface area contributed by atoms with E-state index in [9.17, 15) is 21.6 Å². The van der Waals surface area contributed by atoms with Crippen LogP contribution in [-0.2, 0) is 10.0 Å². The van der Waals surface area contributed by atoms with Gasteiger partial charge in [0.15, 0.2) is 0 Å². The number of nitrogens with zero attached hydrogens (tertiary/aromatic N) is 1. The Morgan fingerprint density at radius 1 is 1.04 bits per heavy atom. The second-order valence-electron chi connectivity index (χ2n) is 5.42. The van der Waals surface area contributed by atoms with E-state index < -0.39 is 15.5 Å². The van der Waals surface area contributed by atoms with Crippen molar-refractivity contribution in [2.45, 2.75) is 18.9 Å². The summed E-state index contributed by atoms with van der Waals surface area (Å²) in [5.74, 6) is 0. The summed E-state index contributed by atoms with van der Waals surface area (Å²) in [5.41, 5.74) is -2.32. The van der Waals surface area contributed by atoms with Gasteiger partial charge in [0.05, 0.1) is 17.1 Å². The number of nitrogens with one attached hydrogen (secondary N) is 2. The van der Waals surface area contributed by atoms with E-state index in [2.05, 4.69) is 10.5 Å². The molecule has 12 heteroatoms. The molecule has 2 N–H and O–H groups in total. The first kappa shape index (κ1) is 22.6. The lowest BCUT2D eigenvalue weighted by Gasteiger charge is -2.15. The molecule has 0 spiro atoms. The Morgan fingerprint density at radius 2 is 1.64 bits per heavy atom. The summed E-state index contributed by atoms with van der Waals surface area (Å²) in [6.07, 6.45) is 0.252. The van der Waals surface area contributed by atoms with Gasteiger partial charge in [0.1, 0.15) is 0 Å². The number of sulfonamides is 1. The van der Waals surface area contributed by atoms with Crippen LogP contribution in [0.5, 0.6) is 0 Å². The van der Waals surface area contributed by atoms with Crippen LogP contribution in [0, 0.1) is 0 Å². The molecule has 0 aliphatic carbocycles. The topological polar surface area (TPSA) is 70.6 Å². The van der Waals surface area contributed by atoms with Gasteiger partial charge in [-0.1, -0.05) is 41.7 Å². The van der Waals surface area contributed by atoms with Crippen molar-refractivity contribution in [3.05, 3.63) is 57.0 Å². The van der Waals surface area contributed by atoms with Crippen LogP contribution in [0.3, 0.4) is 0 Å². The fourth-order valence-corrected chi connectivity index (χ4v) is 3.41. The second-order valence-corrected chi connectivity index (χ2v) is 8.41. The van der Waals surface area contributed by atoms with Crippen LogP contribution in [0.4, 0.5) is 24.5 Å². The summed E-state index contributed by atoms with van der Waals surface area (Å²) in [5, 5.41) is 5.03. The highest BCUT2D eigenvalue weighted by atomic mass is 35.5. The maximum absolute atomic E-state index is 12.7. The van der Waals surface area contributed by atoms with Crippen LogP contribution in [-0.4, -0.2) is 19.6 Å². The number of hydrazone groups is 1. The average Bonchev–Trinajstić information content (AvgIpc) is 2.55. The number of hydrogen-bond donors (Lipinski definition) is 2. The van der Waals surface area contributed by atoms with Crippen molar-refractivity contribution in [3.8, 4) is 0 Å². The van der Waals surface area contributed by atoms with E-state index >= 15 is 0 Å². The predicted octanol–water partition coefficient (Wildman–Crippen LogP) is 6.13. The van der Waals surface area contributed by atoms with Crippen LogP contribution in [0.1, 0.15) is 18.9 Å². The van der Waals surface area contributed by atoms with Crippen molar-refractivity contribution in [1.82, 2.24) is 0 Å². The number of halogens is 6. The first-order valence-corrected chi connectivity index (χ1v) is 10.2. The van der Waals surface area contributed by atoms with Crippen molar-refractivity contribution in [3.63, 3.8) is 0 Å². The quantitative estimate of drug-likeness (QED) is 0.390. The molecular formula is C16H13Cl3F3N3O2S. The molecule has 2 rings (SSSR count). The largest absolute Gasteiger partial charge is 0.516 e. The Balaban J connectivity index is 2.44. The Hall–Kier alpha value is -1.68. The standard InChI is InChI=1S/C16H13Cl3F3N3O2S/c1-2-14(24-23-12-6-10(18)5-11(19)7-12)13-8-9(17)3-4-15(13)25-28(26,27)16(20,21)22/h3-8,23,25H,2H2,1H3/b24-14+. The molecule has 0 saturated heterocycles. The van der Waals surface area contributed by atoms with Crippen molar-refractivity contribution < 1.29 is 21.6 Å². The van der Waals surface area contributed by atoms with Crippen LogP contribution < -0.4 is 10.1 Å². The molecule has 0 aromatic heterocycles. The highest BCUT2D eigenvalue weighted by Crippen LogP contribution is 2.29. The number of anilines is 2. The lowest BCUT2D eigenvalue weighted by atomic mass is 10.1. The summed E-state index contributed by atoms with van der Waals surface area (Å²) in [6, 6.07) is 8.29. The molecule has 0 amide bonds. The van der Waals surface area contributed by atoms with Gasteiger partial charge in [0, 0.05) is 20.6 Å². The van der Waals surface area contributed by atoms with Crippen molar-refractivity contribution in [2.75, 3.05) is 10.1 Å². The van der Waals surface area contributed by atoms with Crippen molar-refractivity contribution >= 4 is 61.9 Å². The molecule has 0 bridgehead atoms. The van der Waals surface area contributed by atoms with Gasteiger partial charge in [0.25, 0.3) is 0 Å². The Kier molecular flexibility index (Phi) is 7.08. The van der Waals surface area contributed by atoms with Crippen LogP contribution in [0.25, 0.3) is 0 Å². The highest BCUT2D eigenvalue weighted by molar-refractivity contribution is 7.93. The first-order chi connectivity index (χ1) is 12.9. The smallest absolute Gasteiger partial charge is 0.278 e. The second kappa shape index (κ2) is 8.77. The molecule has 0 heterocycles. The van der Waals surface area contributed by atoms with Gasteiger partial charge < -0.3 is 0 Å². The summed E-state index contributed by atoms with van der Waals surface area (Å²) < 4.78 is 62.6. The minimum atomic E-state index is -5.61.